The van der Waals surface area contributed by atoms with E-state index < -0.39 is 5.91 Å². The molecule has 0 aliphatic heterocycles. The van der Waals surface area contributed by atoms with Crippen LogP contribution < -0.4 is 21.8 Å². The quantitative estimate of drug-likeness (QED) is 0.578. The molecule has 0 aliphatic rings. The van der Waals surface area contributed by atoms with Crippen molar-refractivity contribution < 1.29 is 9.36 Å². The molecule has 0 saturated carbocycles. The van der Waals surface area contributed by atoms with Gasteiger partial charge in [-0.05, 0) is 12.1 Å². The van der Waals surface area contributed by atoms with Crippen molar-refractivity contribution in [2.24, 2.45) is 5.73 Å². The zero-order valence-corrected chi connectivity index (χ0v) is 9.08. The van der Waals surface area contributed by atoms with E-state index in [1.54, 1.807) is 0 Å². The van der Waals surface area contributed by atoms with E-state index in [1.165, 1.54) is 9.25 Å². The summed E-state index contributed by atoms with van der Waals surface area (Å²) >= 11 is 0. The van der Waals surface area contributed by atoms with E-state index in [0.717, 1.165) is 5.69 Å². The maximum absolute atomic E-state index is 10.9. The molecule has 7 nitrogen and oxygen atoms in total. The van der Waals surface area contributed by atoms with Crippen molar-refractivity contribution in [1.29, 1.82) is 0 Å². The number of nitrogen functional groups attached to an aromatic ring is 2. The van der Waals surface area contributed by atoms with Crippen molar-refractivity contribution in [3.8, 4) is 5.69 Å². The van der Waals surface area contributed by atoms with E-state index in [1.807, 2.05) is 30.3 Å². The van der Waals surface area contributed by atoms with Gasteiger partial charge < -0.3 is 17.2 Å². The van der Waals surface area contributed by atoms with Gasteiger partial charge in [0.05, 0.1) is 0 Å². The largest absolute Gasteiger partial charge is 0.367 e. The molecule has 0 radical (unpaired) electrons. The fourth-order valence-electron chi connectivity index (χ4n) is 1.52. The predicted molar refractivity (Wildman–Crippen MR) is 61.8 cm³/mol. The Labute approximate surface area is 97.4 Å². The van der Waals surface area contributed by atoms with Gasteiger partial charge in [-0.3, -0.25) is 4.79 Å². The molecule has 2 aromatic rings. The van der Waals surface area contributed by atoms with Gasteiger partial charge in [0.25, 0.3) is 0 Å². The average molecular weight is 233 g/mol. The first-order valence-corrected chi connectivity index (χ1v) is 4.97. The second-order valence-electron chi connectivity index (χ2n) is 3.52. The Morgan fingerprint density at radius 1 is 1.29 bits per heavy atom. The normalized spacial score (nSPS) is 10.4. The van der Waals surface area contributed by atoms with Crippen LogP contribution in [0.3, 0.4) is 0 Å². The van der Waals surface area contributed by atoms with Gasteiger partial charge in [0.2, 0.25) is 5.91 Å². The van der Waals surface area contributed by atoms with Crippen LogP contribution in [0.15, 0.2) is 30.3 Å². The van der Waals surface area contributed by atoms with Crippen LogP contribution in [0.1, 0.15) is 0 Å². The van der Waals surface area contributed by atoms with Crippen LogP contribution in [0.25, 0.3) is 5.69 Å². The molecule has 1 amide bonds. The molecule has 0 aliphatic carbocycles. The van der Waals surface area contributed by atoms with Crippen LogP contribution in [-0.2, 0) is 11.3 Å². The topological polar surface area (TPSA) is 117 Å². The van der Waals surface area contributed by atoms with Crippen LogP contribution in [0, 0.1) is 0 Å². The van der Waals surface area contributed by atoms with Crippen molar-refractivity contribution in [2.45, 2.75) is 6.54 Å². The van der Waals surface area contributed by atoms with E-state index in [-0.39, 0.29) is 18.4 Å². The number of nitrogens with two attached hydrogens (primary N) is 3. The van der Waals surface area contributed by atoms with Crippen molar-refractivity contribution in [1.82, 2.24) is 9.78 Å². The van der Waals surface area contributed by atoms with Crippen molar-refractivity contribution in [3.63, 3.8) is 0 Å². The lowest BCUT2D eigenvalue weighted by Crippen LogP contribution is -2.44. The summed E-state index contributed by atoms with van der Waals surface area (Å²) in [4.78, 5) is 10.9. The van der Waals surface area contributed by atoms with Crippen LogP contribution in [0.2, 0.25) is 0 Å². The Balaban J connectivity index is 2.48. The van der Waals surface area contributed by atoms with Crippen molar-refractivity contribution >= 4 is 17.8 Å². The Kier molecular flexibility index (Phi) is 2.65. The van der Waals surface area contributed by atoms with Crippen molar-refractivity contribution in [2.75, 3.05) is 11.5 Å². The average Bonchev–Trinajstić information content (AvgIpc) is 2.58. The molecular formula is C10H13N6O+. The fraction of sp³-hybridized carbons (Fsp3) is 0.100. The Bertz CT molecular complexity index is 547. The zero-order valence-electron chi connectivity index (χ0n) is 9.08. The number of amides is 1. The zero-order chi connectivity index (χ0) is 12.4. The molecular weight excluding hydrogens is 220 g/mol. The summed E-state index contributed by atoms with van der Waals surface area (Å²) in [5, 5.41) is 4.06. The molecule has 0 fully saturated rings. The minimum atomic E-state index is -0.527. The molecule has 0 unspecified atom stereocenters. The Morgan fingerprint density at radius 3 is 2.53 bits per heavy atom. The molecule has 7 heteroatoms. The van der Waals surface area contributed by atoms with Gasteiger partial charge >= 0.3 is 11.9 Å². The van der Waals surface area contributed by atoms with Crippen LogP contribution in [0.4, 0.5) is 11.9 Å². The summed E-state index contributed by atoms with van der Waals surface area (Å²) in [5.41, 5.74) is 17.4. The number of hydrogen-bond acceptors (Lipinski definition) is 4. The Morgan fingerprint density at radius 2 is 1.94 bits per heavy atom. The summed E-state index contributed by atoms with van der Waals surface area (Å²) < 4.78 is 2.81. The maximum Gasteiger partial charge on any atom is 0.347 e. The van der Waals surface area contributed by atoms with Crippen LogP contribution in [0.5, 0.6) is 0 Å². The second-order valence-corrected chi connectivity index (χ2v) is 3.52. The third-order valence-corrected chi connectivity index (χ3v) is 2.29. The number of benzene rings is 1. The molecule has 0 spiro atoms. The van der Waals surface area contributed by atoms with E-state index >= 15 is 0 Å². The lowest BCUT2D eigenvalue weighted by atomic mass is 10.3. The summed E-state index contributed by atoms with van der Waals surface area (Å²) in [7, 11) is 0. The smallest absolute Gasteiger partial charge is 0.347 e. The molecule has 1 aromatic heterocycles. The number of para-hydroxylation sites is 1. The lowest BCUT2D eigenvalue weighted by molar-refractivity contribution is -0.655. The number of aromatic nitrogens is 3. The molecule has 1 heterocycles. The standard InChI is InChI=1S/C10H12N6O/c11-8(17)6-15-9(12)14-16(10(15)13)7-4-2-1-3-5-7/h1-5,13H,6H2,(H4,11,12,14,17)/p+1. The molecule has 1 aromatic carbocycles. The monoisotopic (exact) mass is 233 g/mol. The second kappa shape index (κ2) is 4.12. The molecule has 6 N–H and O–H groups in total. The van der Waals surface area contributed by atoms with Gasteiger partial charge in [-0.2, -0.15) is 0 Å². The number of primary amides is 1. The van der Waals surface area contributed by atoms with E-state index in [0.29, 0.717) is 0 Å². The lowest BCUT2D eigenvalue weighted by Gasteiger charge is -1.98. The first-order valence-electron chi connectivity index (χ1n) is 4.97. The highest BCUT2D eigenvalue weighted by Gasteiger charge is 2.21. The molecule has 88 valence electrons. The number of hydrogen-bond donors (Lipinski definition) is 3. The summed E-state index contributed by atoms with van der Waals surface area (Å²) in [6.45, 7) is -0.0928. The van der Waals surface area contributed by atoms with Gasteiger partial charge in [-0.25, -0.2) is 4.57 Å². The number of carbonyl (C=O) groups is 1. The van der Waals surface area contributed by atoms with Gasteiger partial charge in [-0.1, -0.05) is 18.2 Å². The van der Waals surface area contributed by atoms with Gasteiger partial charge in [-0.15, -0.1) is 4.68 Å². The maximum atomic E-state index is 10.9. The molecule has 0 bridgehead atoms. The van der Waals surface area contributed by atoms with Gasteiger partial charge in [0.15, 0.2) is 0 Å². The molecule has 0 saturated heterocycles. The third kappa shape index (κ3) is 2.03. The minimum Gasteiger partial charge on any atom is -0.367 e. The predicted octanol–water partition coefficient (Wildman–Crippen LogP) is -1.19. The first kappa shape index (κ1) is 10.9. The van der Waals surface area contributed by atoms with Gasteiger partial charge in [0, 0.05) is 5.10 Å². The van der Waals surface area contributed by atoms with Gasteiger partial charge in [0.1, 0.15) is 12.2 Å². The number of rotatable bonds is 3. The molecule has 0 atom stereocenters. The molecule has 2 rings (SSSR count). The summed E-state index contributed by atoms with van der Waals surface area (Å²) in [5.74, 6) is -0.126. The highest BCUT2D eigenvalue weighted by molar-refractivity contribution is 5.72. The van der Waals surface area contributed by atoms with E-state index in [2.05, 4.69) is 5.10 Å². The third-order valence-electron chi connectivity index (χ3n) is 2.29. The summed E-state index contributed by atoms with van der Waals surface area (Å²) in [6.07, 6.45) is 0. The van der Waals surface area contributed by atoms with Crippen LogP contribution >= 0.6 is 0 Å². The first-order chi connectivity index (χ1) is 8.09. The van der Waals surface area contributed by atoms with Crippen molar-refractivity contribution in [3.05, 3.63) is 30.3 Å². The van der Waals surface area contributed by atoms with Crippen LogP contribution in [-0.4, -0.2) is 15.7 Å². The highest BCUT2D eigenvalue weighted by Crippen LogP contribution is 2.10. The number of nitrogens with zero attached hydrogens (tertiary/aromatic N) is 3. The SMILES string of the molecule is NC(=O)C[n+]1c(N)nn(-c2ccccc2)c1N. The highest BCUT2D eigenvalue weighted by atomic mass is 16.1. The molecule has 17 heavy (non-hydrogen) atoms. The van der Waals surface area contributed by atoms with E-state index in [4.69, 9.17) is 17.2 Å². The minimum absolute atomic E-state index is 0.0928. The number of carbonyl (C=O) groups excluding carboxylic acids is 1. The van der Waals surface area contributed by atoms with E-state index in [9.17, 15) is 4.79 Å². The fourth-order valence-corrected chi connectivity index (χ4v) is 1.52. The number of anilines is 2. The summed E-state index contributed by atoms with van der Waals surface area (Å²) in [6, 6.07) is 9.25. The Hall–Kier alpha value is -2.57.